The highest BCUT2D eigenvalue weighted by molar-refractivity contribution is 14.1. The standard InChI is InChI=1S/C13H9IN2O3/c14-8-1-3-9(4-2-8)16-12(17)10-5-6-15-7-11(10)13(18)19/h1-7H,(H,16,17)(H,18,19). The van der Waals surface area contributed by atoms with Crippen molar-refractivity contribution in [1.29, 1.82) is 0 Å². The van der Waals surface area contributed by atoms with Gasteiger partial charge in [-0.1, -0.05) is 0 Å². The molecule has 0 aliphatic rings. The zero-order chi connectivity index (χ0) is 13.8. The molecule has 0 fully saturated rings. The Morgan fingerprint density at radius 2 is 1.79 bits per heavy atom. The SMILES string of the molecule is O=C(O)c1cnccc1C(=O)Nc1ccc(I)cc1. The number of aromatic nitrogens is 1. The summed E-state index contributed by atoms with van der Waals surface area (Å²) in [6, 6.07) is 8.58. The molecule has 2 rings (SSSR count). The van der Waals surface area contributed by atoms with Crippen molar-refractivity contribution in [1.82, 2.24) is 4.98 Å². The predicted molar refractivity (Wildman–Crippen MR) is 78.3 cm³/mol. The number of amides is 1. The van der Waals surface area contributed by atoms with E-state index in [1.165, 1.54) is 12.3 Å². The summed E-state index contributed by atoms with van der Waals surface area (Å²) in [6.07, 6.45) is 2.54. The third kappa shape index (κ3) is 3.28. The van der Waals surface area contributed by atoms with Gasteiger partial charge in [0.1, 0.15) is 0 Å². The monoisotopic (exact) mass is 368 g/mol. The maximum atomic E-state index is 12.0. The molecule has 0 saturated heterocycles. The Hall–Kier alpha value is -1.96. The first-order valence-electron chi connectivity index (χ1n) is 5.32. The molecule has 0 radical (unpaired) electrons. The molecule has 6 heteroatoms. The van der Waals surface area contributed by atoms with Gasteiger partial charge in [0.05, 0.1) is 11.1 Å². The van der Waals surface area contributed by atoms with Crippen LogP contribution in [-0.4, -0.2) is 22.0 Å². The third-order valence-electron chi connectivity index (χ3n) is 2.40. The van der Waals surface area contributed by atoms with Gasteiger partial charge in [-0.15, -0.1) is 0 Å². The number of anilines is 1. The number of benzene rings is 1. The number of nitrogens with zero attached hydrogens (tertiary/aromatic N) is 1. The second-order valence-corrected chi connectivity index (χ2v) is 4.93. The van der Waals surface area contributed by atoms with E-state index >= 15 is 0 Å². The number of carboxylic acid groups (broad SMARTS) is 1. The average Bonchev–Trinajstić information content (AvgIpc) is 2.41. The first kappa shape index (κ1) is 13.5. The summed E-state index contributed by atoms with van der Waals surface area (Å²) in [4.78, 5) is 26.7. The second kappa shape index (κ2) is 5.79. The van der Waals surface area contributed by atoms with Crippen LogP contribution in [0.25, 0.3) is 0 Å². The van der Waals surface area contributed by atoms with Gasteiger partial charge in [-0.05, 0) is 52.9 Å². The largest absolute Gasteiger partial charge is 0.478 e. The van der Waals surface area contributed by atoms with Gasteiger partial charge in [0.15, 0.2) is 0 Å². The predicted octanol–water partition coefficient (Wildman–Crippen LogP) is 2.64. The first-order valence-corrected chi connectivity index (χ1v) is 6.40. The fourth-order valence-corrected chi connectivity index (χ4v) is 1.85. The lowest BCUT2D eigenvalue weighted by atomic mass is 10.1. The molecule has 0 unspecified atom stereocenters. The summed E-state index contributed by atoms with van der Waals surface area (Å²) in [5.41, 5.74) is 0.574. The van der Waals surface area contributed by atoms with Gasteiger partial charge in [0, 0.05) is 21.7 Å². The fourth-order valence-electron chi connectivity index (χ4n) is 1.49. The summed E-state index contributed by atoms with van der Waals surface area (Å²) in [5, 5.41) is 11.6. The van der Waals surface area contributed by atoms with Gasteiger partial charge in [0.2, 0.25) is 0 Å². The van der Waals surface area contributed by atoms with E-state index in [2.05, 4.69) is 32.9 Å². The van der Waals surface area contributed by atoms with Gasteiger partial charge >= 0.3 is 5.97 Å². The van der Waals surface area contributed by atoms with E-state index in [0.717, 1.165) is 9.77 Å². The average molecular weight is 368 g/mol. The molecular weight excluding hydrogens is 359 g/mol. The van der Waals surface area contributed by atoms with Crippen molar-refractivity contribution in [2.45, 2.75) is 0 Å². The smallest absolute Gasteiger partial charge is 0.338 e. The topological polar surface area (TPSA) is 79.3 Å². The van der Waals surface area contributed by atoms with Crippen molar-refractivity contribution in [2.24, 2.45) is 0 Å². The molecule has 0 aliphatic carbocycles. The van der Waals surface area contributed by atoms with Crippen LogP contribution in [0.4, 0.5) is 5.69 Å². The van der Waals surface area contributed by atoms with Crippen molar-refractivity contribution in [2.75, 3.05) is 5.32 Å². The molecule has 0 aliphatic heterocycles. The van der Waals surface area contributed by atoms with Gasteiger partial charge in [0.25, 0.3) is 5.91 Å². The molecule has 96 valence electrons. The Morgan fingerprint density at radius 3 is 2.42 bits per heavy atom. The van der Waals surface area contributed by atoms with Crippen molar-refractivity contribution in [3.05, 3.63) is 57.4 Å². The Labute approximate surface area is 122 Å². The number of halogens is 1. The van der Waals surface area contributed by atoms with Crippen LogP contribution in [-0.2, 0) is 0 Å². The number of hydrogen-bond donors (Lipinski definition) is 2. The highest BCUT2D eigenvalue weighted by atomic mass is 127. The van der Waals surface area contributed by atoms with E-state index < -0.39 is 11.9 Å². The van der Waals surface area contributed by atoms with E-state index in [-0.39, 0.29) is 11.1 Å². The number of rotatable bonds is 3. The van der Waals surface area contributed by atoms with E-state index in [4.69, 9.17) is 5.11 Å². The lowest BCUT2D eigenvalue weighted by Gasteiger charge is -2.07. The first-order chi connectivity index (χ1) is 9.08. The molecule has 1 amide bonds. The molecule has 2 N–H and O–H groups in total. The van der Waals surface area contributed by atoms with Crippen LogP contribution < -0.4 is 5.32 Å². The molecule has 1 heterocycles. The maximum Gasteiger partial charge on any atom is 0.338 e. The normalized spacial score (nSPS) is 9.95. The van der Waals surface area contributed by atoms with Gasteiger partial charge < -0.3 is 10.4 Å². The molecule has 2 aromatic rings. The van der Waals surface area contributed by atoms with Crippen molar-refractivity contribution in [3.63, 3.8) is 0 Å². The highest BCUT2D eigenvalue weighted by Crippen LogP contribution is 2.14. The molecule has 0 spiro atoms. The van der Waals surface area contributed by atoms with Crippen LogP contribution in [0, 0.1) is 3.57 Å². The van der Waals surface area contributed by atoms with E-state index in [9.17, 15) is 9.59 Å². The van der Waals surface area contributed by atoms with Crippen LogP contribution in [0.1, 0.15) is 20.7 Å². The van der Waals surface area contributed by atoms with Crippen molar-refractivity contribution >= 4 is 40.2 Å². The maximum absolute atomic E-state index is 12.0. The van der Waals surface area contributed by atoms with Gasteiger partial charge in [-0.2, -0.15) is 0 Å². The molecule has 5 nitrogen and oxygen atoms in total. The molecular formula is C13H9IN2O3. The molecule has 1 aromatic heterocycles. The molecule has 19 heavy (non-hydrogen) atoms. The Kier molecular flexibility index (Phi) is 4.10. The Balaban J connectivity index is 2.25. The fraction of sp³-hybridized carbons (Fsp3) is 0. The zero-order valence-corrected chi connectivity index (χ0v) is 11.8. The highest BCUT2D eigenvalue weighted by Gasteiger charge is 2.16. The summed E-state index contributed by atoms with van der Waals surface area (Å²) in [7, 11) is 0. The lowest BCUT2D eigenvalue weighted by molar-refractivity contribution is 0.0692. The Bertz CT molecular complexity index is 626. The van der Waals surface area contributed by atoms with Crippen LogP contribution in [0.15, 0.2) is 42.7 Å². The van der Waals surface area contributed by atoms with E-state index in [1.54, 1.807) is 12.1 Å². The Morgan fingerprint density at radius 1 is 1.11 bits per heavy atom. The number of nitrogens with one attached hydrogen (secondary N) is 1. The number of pyridine rings is 1. The number of carbonyl (C=O) groups excluding carboxylic acids is 1. The number of carbonyl (C=O) groups is 2. The van der Waals surface area contributed by atoms with Crippen molar-refractivity contribution < 1.29 is 14.7 Å². The summed E-state index contributed by atoms with van der Waals surface area (Å²) >= 11 is 2.16. The molecule has 1 aromatic carbocycles. The molecule has 0 bridgehead atoms. The van der Waals surface area contributed by atoms with Crippen LogP contribution in [0.2, 0.25) is 0 Å². The lowest BCUT2D eigenvalue weighted by Crippen LogP contribution is -2.16. The van der Waals surface area contributed by atoms with Crippen LogP contribution >= 0.6 is 22.6 Å². The van der Waals surface area contributed by atoms with Crippen molar-refractivity contribution in [3.8, 4) is 0 Å². The quantitative estimate of drug-likeness (QED) is 0.817. The third-order valence-corrected chi connectivity index (χ3v) is 3.12. The van der Waals surface area contributed by atoms with Gasteiger partial charge in [-0.3, -0.25) is 9.78 Å². The number of carboxylic acids is 1. The number of aromatic carboxylic acids is 1. The minimum atomic E-state index is -1.18. The van der Waals surface area contributed by atoms with Crippen LogP contribution in [0.3, 0.4) is 0 Å². The van der Waals surface area contributed by atoms with Crippen LogP contribution in [0.5, 0.6) is 0 Å². The zero-order valence-electron chi connectivity index (χ0n) is 9.63. The minimum absolute atomic E-state index is 0.0843. The summed E-state index contributed by atoms with van der Waals surface area (Å²) < 4.78 is 1.05. The minimum Gasteiger partial charge on any atom is -0.478 e. The second-order valence-electron chi connectivity index (χ2n) is 3.69. The van der Waals surface area contributed by atoms with E-state index in [1.807, 2.05) is 12.1 Å². The summed E-state index contributed by atoms with van der Waals surface area (Å²) in [5.74, 6) is -1.65. The van der Waals surface area contributed by atoms with Gasteiger partial charge in [-0.25, -0.2) is 4.79 Å². The molecule has 0 saturated carbocycles. The summed E-state index contributed by atoms with van der Waals surface area (Å²) in [6.45, 7) is 0. The number of hydrogen-bond acceptors (Lipinski definition) is 3. The van der Waals surface area contributed by atoms with E-state index in [0.29, 0.717) is 5.69 Å². The molecule has 0 atom stereocenters.